The van der Waals surface area contributed by atoms with Gasteiger partial charge in [-0.1, -0.05) is 24.3 Å². The van der Waals surface area contributed by atoms with Crippen molar-refractivity contribution >= 4 is 11.8 Å². The molecule has 3 rings (SSSR count). The molecule has 0 saturated carbocycles. The summed E-state index contributed by atoms with van der Waals surface area (Å²) < 4.78 is 10.5. The molecule has 2 aromatic carbocycles. The number of benzene rings is 2. The number of carbonyl (C=O) groups is 2. The number of nitrogens with one attached hydrogen (secondary N) is 1. The zero-order chi connectivity index (χ0) is 23.1. The second kappa shape index (κ2) is 11.0. The van der Waals surface area contributed by atoms with Crippen LogP contribution < -0.4 is 14.8 Å². The molecule has 1 heterocycles. The summed E-state index contributed by atoms with van der Waals surface area (Å²) in [5.41, 5.74) is 2.86. The number of rotatable bonds is 8. The molecule has 1 saturated heterocycles. The Hall–Kier alpha value is -3.06. The number of piperidine rings is 1. The Kier molecular flexibility index (Phi) is 8.11. The number of hydrogen-bond acceptors (Lipinski definition) is 5. The van der Waals surface area contributed by atoms with E-state index in [0.717, 1.165) is 12.1 Å². The van der Waals surface area contributed by atoms with Crippen molar-refractivity contribution in [2.45, 2.75) is 25.9 Å². The minimum absolute atomic E-state index is 0.0533. The van der Waals surface area contributed by atoms with Crippen molar-refractivity contribution in [2.24, 2.45) is 5.92 Å². The normalized spacial score (nSPS) is 14.3. The quantitative estimate of drug-likeness (QED) is 0.685. The molecule has 7 nitrogen and oxygen atoms in total. The van der Waals surface area contributed by atoms with E-state index in [-0.39, 0.29) is 17.7 Å². The van der Waals surface area contributed by atoms with Crippen molar-refractivity contribution < 1.29 is 19.1 Å². The number of amides is 2. The molecule has 1 N–H and O–H groups in total. The third-order valence-corrected chi connectivity index (χ3v) is 5.74. The van der Waals surface area contributed by atoms with Gasteiger partial charge in [0.25, 0.3) is 5.91 Å². The van der Waals surface area contributed by atoms with Crippen LogP contribution in [0.25, 0.3) is 0 Å². The van der Waals surface area contributed by atoms with Crippen molar-refractivity contribution in [3.8, 4) is 11.5 Å². The fraction of sp³-hybridized carbons (Fsp3) is 0.440. The van der Waals surface area contributed by atoms with E-state index < -0.39 is 0 Å². The van der Waals surface area contributed by atoms with Gasteiger partial charge >= 0.3 is 0 Å². The lowest BCUT2D eigenvalue weighted by molar-refractivity contribution is -0.126. The van der Waals surface area contributed by atoms with Gasteiger partial charge in [-0.25, -0.2) is 0 Å². The van der Waals surface area contributed by atoms with E-state index in [9.17, 15) is 9.59 Å². The van der Waals surface area contributed by atoms with Gasteiger partial charge in [0.1, 0.15) is 11.5 Å². The first kappa shape index (κ1) is 23.6. The Labute approximate surface area is 190 Å². The molecule has 1 aliphatic heterocycles. The zero-order valence-electron chi connectivity index (χ0n) is 19.4. The molecule has 0 unspecified atom stereocenters. The van der Waals surface area contributed by atoms with Crippen molar-refractivity contribution in [2.75, 3.05) is 41.4 Å². The van der Waals surface area contributed by atoms with Crippen LogP contribution in [0.1, 0.15) is 34.3 Å². The first-order valence-electron chi connectivity index (χ1n) is 10.9. The van der Waals surface area contributed by atoms with Gasteiger partial charge in [0.05, 0.1) is 14.2 Å². The fourth-order valence-corrected chi connectivity index (χ4v) is 3.92. The molecule has 0 bridgehead atoms. The topological polar surface area (TPSA) is 71.1 Å². The Bertz CT molecular complexity index is 897. The Morgan fingerprint density at radius 1 is 0.969 bits per heavy atom. The maximum absolute atomic E-state index is 12.9. The van der Waals surface area contributed by atoms with Crippen molar-refractivity contribution in [3.05, 3.63) is 59.2 Å². The van der Waals surface area contributed by atoms with Crippen LogP contribution in [0.5, 0.6) is 11.5 Å². The molecule has 0 aliphatic carbocycles. The highest BCUT2D eigenvalue weighted by molar-refractivity contribution is 5.95. The molecule has 2 amide bonds. The lowest BCUT2D eigenvalue weighted by Crippen LogP contribution is -2.42. The van der Waals surface area contributed by atoms with E-state index in [1.54, 1.807) is 37.3 Å². The predicted octanol–water partition coefficient (Wildman–Crippen LogP) is 2.93. The van der Waals surface area contributed by atoms with Crippen molar-refractivity contribution in [1.82, 2.24) is 15.1 Å². The van der Waals surface area contributed by atoms with E-state index in [2.05, 4.69) is 34.5 Å². The van der Waals surface area contributed by atoms with Gasteiger partial charge in [0.15, 0.2) is 0 Å². The van der Waals surface area contributed by atoms with Gasteiger partial charge in [-0.05, 0) is 50.2 Å². The summed E-state index contributed by atoms with van der Waals surface area (Å²) in [5, 5.41) is 3.05. The second-order valence-electron chi connectivity index (χ2n) is 8.44. The Balaban J connectivity index is 1.49. The molecule has 172 valence electrons. The van der Waals surface area contributed by atoms with E-state index in [1.807, 2.05) is 14.1 Å². The number of hydrogen-bond donors (Lipinski definition) is 1. The molecule has 0 aromatic heterocycles. The van der Waals surface area contributed by atoms with Gasteiger partial charge in [-0.15, -0.1) is 0 Å². The third kappa shape index (κ3) is 6.23. The van der Waals surface area contributed by atoms with Gasteiger partial charge in [0.2, 0.25) is 5.91 Å². The highest BCUT2D eigenvalue weighted by Gasteiger charge is 2.28. The molecular formula is C25H33N3O4. The molecule has 0 radical (unpaired) electrons. The predicted molar refractivity (Wildman–Crippen MR) is 124 cm³/mol. The molecule has 7 heteroatoms. The maximum Gasteiger partial charge on any atom is 0.254 e. The molecule has 2 aromatic rings. The summed E-state index contributed by atoms with van der Waals surface area (Å²) >= 11 is 0. The van der Waals surface area contributed by atoms with Crippen LogP contribution in [0, 0.1) is 5.92 Å². The SMILES string of the molecule is COc1cc(OC)cc(C(=O)N2CCC(C(=O)NCc3ccc(CN(C)C)cc3)CC2)c1. The minimum atomic E-state index is -0.0769. The lowest BCUT2D eigenvalue weighted by Gasteiger charge is -2.31. The van der Waals surface area contributed by atoms with Crippen LogP contribution >= 0.6 is 0 Å². The van der Waals surface area contributed by atoms with Crippen LogP contribution in [-0.4, -0.2) is 63.0 Å². The van der Waals surface area contributed by atoms with Gasteiger partial charge in [-0.3, -0.25) is 9.59 Å². The summed E-state index contributed by atoms with van der Waals surface area (Å²) in [6.07, 6.45) is 1.31. The largest absolute Gasteiger partial charge is 0.497 e. The van der Waals surface area contributed by atoms with Gasteiger partial charge in [0, 0.05) is 43.7 Å². The maximum atomic E-state index is 12.9. The van der Waals surface area contributed by atoms with Crippen molar-refractivity contribution in [1.29, 1.82) is 0 Å². The number of ether oxygens (including phenoxy) is 2. The average Bonchev–Trinajstić information content (AvgIpc) is 2.82. The Morgan fingerprint density at radius 3 is 2.06 bits per heavy atom. The van der Waals surface area contributed by atoms with E-state index in [0.29, 0.717) is 49.5 Å². The third-order valence-electron chi connectivity index (χ3n) is 5.74. The standard InChI is InChI=1S/C25H33N3O4/c1-27(2)17-19-7-5-18(6-8-19)16-26-24(29)20-9-11-28(12-10-20)25(30)21-13-22(31-3)15-23(14-21)32-4/h5-8,13-15,20H,9-12,16-17H2,1-4H3,(H,26,29). The Morgan fingerprint density at radius 2 is 1.53 bits per heavy atom. The first-order valence-corrected chi connectivity index (χ1v) is 10.9. The molecule has 1 fully saturated rings. The summed E-state index contributed by atoms with van der Waals surface area (Å²) in [6, 6.07) is 13.5. The smallest absolute Gasteiger partial charge is 0.254 e. The van der Waals surface area contributed by atoms with E-state index >= 15 is 0 Å². The molecular weight excluding hydrogens is 406 g/mol. The van der Waals surface area contributed by atoms with Crippen LogP contribution in [0.4, 0.5) is 0 Å². The van der Waals surface area contributed by atoms with Crippen LogP contribution in [0.2, 0.25) is 0 Å². The first-order chi connectivity index (χ1) is 15.4. The van der Waals surface area contributed by atoms with Crippen LogP contribution in [0.15, 0.2) is 42.5 Å². The summed E-state index contributed by atoms with van der Waals surface area (Å²) in [4.78, 5) is 29.5. The summed E-state index contributed by atoms with van der Waals surface area (Å²) in [5.74, 6) is 1.07. The number of carbonyl (C=O) groups excluding carboxylic acids is 2. The van der Waals surface area contributed by atoms with Crippen molar-refractivity contribution in [3.63, 3.8) is 0 Å². The number of methoxy groups -OCH3 is 2. The van der Waals surface area contributed by atoms with Crippen LogP contribution in [0.3, 0.4) is 0 Å². The molecule has 1 aliphatic rings. The highest BCUT2D eigenvalue weighted by atomic mass is 16.5. The van der Waals surface area contributed by atoms with Gasteiger partial charge in [-0.2, -0.15) is 0 Å². The molecule has 32 heavy (non-hydrogen) atoms. The lowest BCUT2D eigenvalue weighted by atomic mass is 9.95. The minimum Gasteiger partial charge on any atom is -0.497 e. The fourth-order valence-electron chi connectivity index (χ4n) is 3.92. The summed E-state index contributed by atoms with van der Waals surface area (Å²) in [6.45, 7) is 2.52. The van der Waals surface area contributed by atoms with Gasteiger partial charge < -0.3 is 24.6 Å². The van der Waals surface area contributed by atoms with E-state index in [4.69, 9.17) is 9.47 Å². The zero-order valence-corrected chi connectivity index (χ0v) is 19.4. The highest BCUT2D eigenvalue weighted by Crippen LogP contribution is 2.25. The monoisotopic (exact) mass is 439 g/mol. The second-order valence-corrected chi connectivity index (χ2v) is 8.44. The average molecular weight is 440 g/mol. The number of nitrogens with zero attached hydrogens (tertiary/aromatic N) is 2. The van der Waals surface area contributed by atoms with Crippen LogP contribution in [-0.2, 0) is 17.9 Å². The number of likely N-dealkylation sites (tertiary alicyclic amines) is 1. The molecule has 0 spiro atoms. The van der Waals surface area contributed by atoms with E-state index in [1.165, 1.54) is 5.56 Å². The molecule has 0 atom stereocenters. The summed E-state index contributed by atoms with van der Waals surface area (Å²) in [7, 11) is 7.21.